The monoisotopic (exact) mass is 490 g/mol. The van der Waals surface area contributed by atoms with Crippen LogP contribution in [0.3, 0.4) is 0 Å². The van der Waals surface area contributed by atoms with Crippen LogP contribution in [0.4, 0.5) is 5.69 Å². The molecule has 1 amide bonds. The number of fused-ring (bicyclic) bond motifs is 1. The number of anilines is 1. The van der Waals surface area contributed by atoms with Crippen molar-refractivity contribution in [3.63, 3.8) is 0 Å². The number of rotatable bonds is 6. The van der Waals surface area contributed by atoms with Crippen LogP contribution in [-0.2, 0) is 4.79 Å². The number of thiazole rings is 1. The van der Waals surface area contributed by atoms with Crippen LogP contribution >= 0.6 is 22.9 Å². The molecule has 0 N–H and O–H groups in total. The van der Waals surface area contributed by atoms with Crippen molar-refractivity contribution in [3.05, 3.63) is 82.7 Å². The lowest BCUT2D eigenvalue weighted by Gasteiger charge is -2.29. The number of nitrogens with zero attached hydrogens (tertiary/aromatic N) is 2. The summed E-state index contributed by atoms with van der Waals surface area (Å²) in [6.45, 7) is -0.223. The molecule has 0 spiro atoms. The van der Waals surface area contributed by atoms with Crippen LogP contribution in [-0.4, -0.2) is 36.9 Å². The average molecular weight is 491 g/mol. The number of hydrogen-bond acceptors (Lipinski definition) is 6. The molecule has 0 radical (unpaired) electrons. The number of Topliss-reactive ketones (excluding diaryl/α,β-unsaturated/α-hetero) is 1. The summed E-state index contributed by atoms with van der Waals surface area (Å²) >= 11 is 7.82. The first kappa shape index (κ1) is 22.1. The van der Waals surface area contributed by atoms with Crippen LogP contribution < -0.4 is 14.4 Å². The minimum atomic E-state index is -0.282. The van der Waals surface area contributed by atoms with Gasteiger partial charge in [-0.05, 0) is 36.4 Å². The number of carbonyl (C=O) groups excluding carboxylic acids is 2. The number of methoxy groups -OCH3 is 1. The molecule has 1 aromatic heterocycles. The van der Waals surface area contributed by atoms with Crippen molar-refractivity contribution in [2.45, 2.75) is 0 Å². The predicted octanol–water partition coefficient (Wildman–Crippen LogP) is 5.75. The fourth-order valence-electron chi connectivity index (χ4n) is 3.73. The van der Waals surface area contributed by atoms with Crippen molar-refractivity contribution >= 4 is 40.3 Å². The van der Waals surface area contributed by atoms with E-state index in [2.05, 4.69) is 0 Å². The van der Waals surface area contributed by atoms with E-state index in [1.807, 2.05) is 41.8 Å². The SMILES string of the molecule is COc1cccc(C(=O)CN2C(=O)COc3ccc(-c4csc(-c5ccccc5Cl)n4)cc32)c1. The Morgan fingerprint density at radius 1 is 1.15 bits per heavy atom. The highest BCUT2D eigenvalue weighted by atomic mass is 35.5. The second-order valence-electron chi connectivity index (χ2n) is 7.62. The highest BCUT2D eigenvalue weighted by Gasteiger charge is 2.28. The third-order valence-corrected chi connectivity index (χ3v) is 6.70. The minimum Gasteiger partial charge on any atom is -0.497 e. The van der Waals surface area contributed by atoms with E-state index in [1.54, 1.807) is 37.4 Å². The van der Waals surface area contributed by atoms with E-state index < -0.39 is 0 Å². The summed E-state index contributed by atoms with van der Waals surface area (Å²) in [4.78, 5) is 31.9. The van der Waals surface area contributed by atoms with Gasteiger partial charge in [0.2, 0.25) is 0 Å². The fraction of sp³-hybridized carbons (Fsp3) is 0.115. The number of ketones is 1. The lowest BCUT2D eigenvalue weighted by Crippen LogP contribution is -2.42. The Kier molecular flexibility index (Phi) is 6.04. The highest BCUT2D eigenvalue weighted by Crippen LogP contribution is 2.38. The zero-order valence-corrected chi connectivity index (χ0v) is 19.7. The first-order valence-corrected chi connectivity index (χ1v) is 11.7. The minimum absolute atomic E-state index is 0.103. The van der Waals surface area contributed by atoms with Crippen LogP contribution in [0.2, 0.25) is 5.02 Å². The summed E-state index contributed by atoms with van der Waals surface area (Å²) in [5, 5.41) is 3.38. The van der Waals surface area contributed by atoms with Crippen molar-refractivity contribution in [2.24, 2.45) is 0 Å². The van der Waals surface area contributed by atoms with E-state index in [4.69, 9.17) is 26.1 Å². The van der Waals surface area contributed by atoms with Crippen molar-refractivity contribution in [3.8, 4) is 33.3 Å². The van der Waals surface area contributed by atoms with Gasteiger partial charge in [0.25, 0.3) is 5.91 Å². The molecule has 3 aromatic carbocycles. The second-order valence-corrected chi connectivity index (χ2v) is 8.89. The van der Waals surface area contributed by atoms with Gasteiger partial charge in [-0.1, -0.05) is 41.9 Å². The standard InChI is InChI=1S/C26H19ClN2O4S/c1-32-18-6-4-5-17(11-18)23(30)13-29-22-12-16(9-10-24(22)33-14-25(29)31)21-15-34-26(28-21)19-7-2-3-8-20(19)27/h2-12,15H,13-14H2,1H3. The van der Waals surface area contributed by atoms with Crippen LogP contribution in [0.5, 0.6) is 11.5 Å². The molecule has 0 unspecified atom stereocenters. The van der Waals surface area contributed by atoms with Gasteiger partial charge in [0, 0.05) is 22.1 Å². The normalized spacial score (nSPS) is 12.8. The highest BCUT2D eigenvalue weighted by molar-refractivity contribution is 7.13. The third-order valence-electron chi connectivity index (χ3n) is 5.50. The number of hydrogen-bond donors (Lipinski definition) is 0. The molecule has 4 aromatic rings. The molecule has 0 atom stereocenters. The van der Waals surface area contributed by atoms with E-state index in [1.165, 1.54) is 16.2 Å². The maximum Gasteiger partial charge on any atom is 0.265 e. The molecule has 0 bridgehead atoms. The van der Waals surface area contributed by atoms with Gasteiger partial charge >= 0.3 is 0 Å². The zero-order valence-electron chi connectivity index (χ0n) is 18.2. The smallest absolute Gasteiger partial charge is 0.265 e. The zero-order chi connectivity index (χ0) is 23.7. The van der Waals surface area contributed by atoms with Crippen molar-refractivity contribution in [1.82, 2.24) is 4.98 Å². The second kappa shape index (κ2) is 9.29. The van der Waals surface area contributed by atoms with Crippen LogP contribution in [0.25, 0.3) is 21.8 Å². The van der Waals surface area contributed by atoms with Gasteiger partial charge < -0.3 is 9.47 Å². The molecule has 170 valence electrons. The van der Waals surface area contributed by atoms with Crippen LogP contribution in [0, 0.1) is 0 Å². The molecule has 2 heterocycles. The van der Waals surface area contributed by atoms with Crippen LogP contribution in [0.1, 0.15) is 10.4 Å². The molecule has 6 nitrogen and oxygen atoms in total. The molecule has 34 heavy (non-hydrogen) atoms. The molecular formula is C26H19ClN2O4S. The maximum atomic E-state index is 13.0. The molecule has 1 aliphatic heterocycles. The lowest BCUT2D eigenvalue weighted by atomic mass is 10.1. The van der Waals surface area contributed by atoms with Gasteiger partial charge in [0.1, 0.15) is 16.5 Å². The Labute approximate surface area is 205 Å². The number of amides is 1. The largest absolute Gasteiger partial charge is 0.497 e. The predicted molar refractivity (Wildman–Crippen MR) is 133 cm³/mol. The summed E-state index contributed by atoms with van der Waals surface area (Å²) in [5.74, 6) is 0.652. The first-order chi connectivity index (χ1) is 16.5. The van der Waals surface area contributed by atoms with E-state index in [0.29, 0.717) is 27.8 Å². The van der Waals surface area contributed by atoms with E-state index in [0.717, 1.165) is 21.8 Å². The maximum absolute atomic E-state index is 13.0. The summed E-state index contributed by atoms with van der Waals surface area (Å²) in [7, 11) is 1.54. The molecule has 0 fully saturated rings. The molecule has 0 saturated heterocycles. The van der Waals surface area contributed by atoms with Crippen molar-refractivity contribution in [2.75, 3.05) is 25.2 Å². The Hall–Kier alpha value is -3.68. The molecular weight excluding hydrogens is 472 g/mol. The van der Waals surface area contributed by atoms with Gasteiger partial charge in [0.15, 0.2) is 12.4 Å². The summed E-state index contributed by atoms with van der Waals surface area (Å²) in [6.07, 6.45) is 0. The van der Waals surface area contributed by atoms with E-state index >= 15 is 0 Å². The van der Waals surface area contributed by atoms with Gasteiger partial charge in [-0.3, -0.25) is 14.5 Å². The summed E-state index contributed by atoms with van der Waals surface area (Å²) < 4.78 is 10.8. The van der Waals surface area contributed by atoms with Gasteiger partial charge in [-0.25, -0.2) is 4.98 Å². The summed E-state index contributed by atoms with van der Waals surface area (Å²) in [6, 6.07) is 20.0. The number of aromatic nitrogens is 1. The van der Waals surface area contributed by atoms with Crippen LogP contribution in [0.15, 0.2) is 72.1 Å². The van der Waals surface area contributed by atoms with Gasteiger partial charge in [-0.2, -0.15) is 0 Å². The Balaban J connectivity index is 1.46. The summed E-state index contributed by atoms with van der Waals surface area (Å²) in [5.41, 5.74) is 3.44. The topological polar surface area (TPSA) is 68.7 Å². The Bertz CT molecular complexity index is 1400. The molecule has 8 heteroatoms. The number of halogens is 1. The quantitative estimate of drug-likeness (QED) is 0.322. The van der Waals surface area contributed by atoms with E-state index in [-0.39, 0.29) is 24.8 Å². The molecule has 0 saturated carbocycles. The number of carbonyl (C=O) groups is 2. The molecule has 1 aliphatic rings. The average Bonchev–Trinajstić information content (AvgIpc) is 3.36. The fourth-order valence-corrected chi connectivity index (χ4v) is 4.88. The Morgan fingerprint density at radius 3 is 2.82 bits per heavy atom. The molecule has 5 rings (SSSR count). The molecule has 0 aliphatic carbocycles. The number of benzene rings is 3. The van der Waals surface area contributed by atoms with Crippen molar-refractivity contribution < 1.29 is 19.1 Å². The lowest BCUT2D eigenvalue weighted by molar-refractivity contribution is -0.121. The van der Waals surface area contributed by atoms with Crippen molar-refractivity contribution in [1.29, 1.82) is 0 Å². The van der Waals surface area contributed by atoms with Gasteiger partial charge in [0.05, 0.1) is 30.1 Å². The number of ether oxygens (including phenoxy) is 2. The first-order valence-electron chi connectivity index (χ1n) is 10.5. The Morgan fingerprint density at radius 2 is 2.00 bits per heavy atom. The van der Waals surface area contributed by atoms with E-state index in [9.17, 15) is 9.59 Å². The third kappa shape index (κ3) is 4.27. The van der Waals surface area contributed by atoms with Gasteiger partial charge in [-0.15, -0.1) is 11.3 Å².